The van der Waals surface area contributed by atoms with E-state index in [-0.39, 0.29) is 13.3 Å². The Kier molecular flexibility index (Phi) is 6.66. The fraction of sp³-hybridized carbons (Fsp3) is 0.176. The first-order valence-electron chi connectivity index (χ1n) is 6.83. The Morgan fingerprint density at radius 1 is 1.18 bits per heavy atom. The summed E-state index contributed by atoms with van der Waals surface area (Å²) < 4.78 is 31.3. The van der Waals surface area contributed by atoms with Gasteiger partial charge < -0.3 is 5.32 Å². The second-order valence-corrected chi connectivity index (χ2v) is 6.65. The molecule has 1 aliphatic rings. The minimum atomic E-state index is -0.416. The van der Waals surface area contributed by atoms with E-state index in [0.717, 1.165) is 43.4 Å². The molecule has 0 fully saturated rings. The Bertz CT molecular complexity index is 652. The molecule has 1 atom stereocenters. The zero-order valence-corrected chi connectivity index (χ0v) is 16.7. The maximum atomic E-state index is 13.7. The quantitative estimate of drug-likeness (QED) is 0.644. The number of rotatable bonds is 2. The summed E-state index contributed by atoms with van der Waals surface area (Å²) in [4.78, 5) is 0. The molecule has 1 heterocycles. The zero-order chi connectivity index (χ0) is 15.9. The maximum Gasteiger partial charge on any atom is 0.130 e. The molecule has 0 aromatic heterocycles. The molecule has 1 aliphatic heterocycles. The SMILES string of the molecule is C[O][Tl].Fc1ccc(F)c(C2=C[C@@H](c3ccccc3)NC2)c1.[HH]. The van der Waals surface area contributed by atoms with Crippen LogP contribution in [0.2, 0.25) is 0 Å². The van der Waals surface area contributed by atoms with Crippen molar-refractivity contribution in [2.24, 2.45) is 0 Å². The first-order chi connectivity index (χ1) is 10.7. The Balaban J connectivity index is 0.000000615. The van der Waals surface area contributed by atoms with E-state index in [0.29, 0.717) is 12.1 Å². The van der Waals surface area contributed by atoms with E-state index in [2.05, 4.69) is 8.00 Å². The molecule has 2 nitrogen and oxygen atoms in total. The van der Waals surface area contributed by atoms with Crippen molar-refractivity contribution in [1.29, 1.82) is 0 Å². The number of benzene rings is 2. The summed E-state index contributed by atoms with van der Waals surface area (Å²) in [5.41, 5.74) is 2.26. The van der Waals surface area contributed by atoms with Gasteiger partial charge in [0.2, 0.25) is 0 Å². The summed E-state index contributed by atoms with van der Waals surface area (Å²) in [7, 11) is 1.70. The third kappa shape index (κ3) is 4.44. The molecular formula is C17H18F2NOTl. The van der Waals surface area contributed by atoms with Crippen LogP contribution in [-0.4, -0.2) is 39.9 Å². The third-order valence-electron chi connectivity index (χ3n) is 3.31. The van der Waals surface area contributed by atoms with Gasteiger partial charge in [0.15, 0.2) is 0 Å². The molecule has 0 saturated heterocycles. The average molecular weight is 495 g/mol. The fourth-order valence-electron chi connectivity index (χ4n) is 2.34. The molecule has 5 heteroatoms. The van der Waals surface area contributed by atoms with Crippen molar-refractivity contribution in [1.82, 2.24) is 5.32 Å². The maximum absolute atomic E-state index is 13.7. The van der Waals surface area contributed by atoms with E-state index in [1.54, 1.807) is 7.11 Å². The van der Waals surface area contributed by atoms with Crippen LogP contribution in [0.5, 0.6) is 0 Å². The number of hydrogen-bond acceptors (Lipinski definition) is 2. The number of hydrogen-bond donors (Lipinski definition) is 1. The van der Waals surface area contributed by atoms with Crippen LogP contribution in [0.4, 0.5) is 8.78 Å². The molecule has 0 spiro atoms. The Morgan fingerprint density at radius 2 is 1.86 bits per heavy atom. The summed E-state index contributed by atoms with van der Waals surface area (Å²) in [5.74, 6) is -0.802. The number of nitrogens with one attached hydrogen (secondary N) is 1. The molecule has 0 saturated carbocycles. The largest absolute Gasteiger partial charge is 0.303 e. The van der Waals surface area contributed by atoms with Crippen molar-refractivity contribution in [3.05, 3.63) is 77.4 Å². The summed E-state index contributed by atoms with van der Waals surface area (Å²) in [6.45, 7) is 0.542. The van der Waals surface area contributed by atoms with Gasteiger partial charge in [0.25, 0.3) is 0 Å². The van der Waals surface area contributed by atoms with Crippen molar-refractivity contribution in [3.8, 4) is 0 Å². The molecule has 0 aliphatic carbocycles. The molecule has 0 radical (unpaired) electrons. The Labute approximate surface area is 147 Å². The zero-order valence-electron chi connectivity index (χ0n) is 12.2. The van der Waals surface area contributed by atoms with Crippen LogP contribution in [0, 0.1) is 11.6 Å². The first kappa shape index (κ1) is 17.2. The normalized spacial score (nSPS) is 16.6. The smallest absolute Gasteiger partial charge is 0.130 e. The predicted octanol–water partition coefficient (Wildman–Crippen LogP) is 3.66. The van der Waals surface area contributed by atoms with E-state index < -0.39 is 5.82 Å². The minimum absolute atomic E-state index is 0. The Morgan fingerprint density at radius 3 is 2.55 bits per heavy atom. The summed E-state index contributed by atoms with van der Waals surface area (Å²) in [5, 5.41) is 3.29. The fourth-order valence-corrected chi connectivity index (χ4v) is 2.34. The average Bonchev–Trinajstić information content (AvgIpc) is 3.01. The van der Waals surface area contributed by atoms with Crippen molar-refractivity contribution in [3.63, 3.8) is 0 Å². The standard InChI is InChI=1S/C16H13F2N.CH3O.Tl.H2/c17-13-6-7-15(18)14(9-13)12-8-16(19-10-12)11-4-2-1-3-5-11;1-2;;/h1-9,16,19H,10H2;1H3;;1H/q;-1;+1;/t16-;;;/m0.../s1. The van der Waals surface area contributed by atoms with Crippen molar-refractivity contribution >= 4 is 31.8 Å². The number of halogens is 2. The molecule has 114 valence electrons. The van der Waals surface area contributed by atoms with Crippen LogP contribution in [0.1, 0.15) is 18.6 Å². The van der Waals surface area contributed by atoms with Crippen LogP contribution in [0.25, 0.3) is 5.57 Å². The minimum Gasteiger partial charge on any atom is -0.303 e. The molecule has 2 aromatic rings. The molecule has 0 bridgehead atoms. The van der Waals surface area contributed by atoms with Gasteiger partial charge in [-0.15, -0.1) is 0 Å². The van der Waals surface area contributed by atoms with Crippen LogP contribution in [0.15, 0.2) is 54.6 Å². The van der Waals surface area contributed by atoms with Gasteiger partial charge in [-0.1, -0.05) is 36.4 Å². The summed E-state index contributed by atoms with van der Waals surface area (Å²) in [6, 6.07) is 13.5. The molecule has 0 amide bonds. The molecule has 2 aromatic carbocycles. The molecule has 22 heavy (non-hydrogen) atoms. The second kappa shape index (κ2) is 8.50. The summed E-state index contributed by atoms with van der Waals surface area (Å²) in [6.07, 6.45) is 1.95. The van der Waals surface area contributed by atoms with Crippen molar-refractivity contribution in [2.45, 2.75) is 6.04 Å². The van der Waals surface area contributed by atoms with Gasteiger partial charge in [-0.3, -0.25) is 0 Å². The van der Waals surface area contributed by atoms with E-state index in [1.165, 1.54) is 12.1 Å². The van der Waals surface area contributed by atoms with Gasteiger partial charge in [0.05, 0.1) is 6.04 Å². The van der Waals surface area contributed by atoms with Crippen molar-refractivity contribution in [2.75, 3.05) is 13.7 Å². The van der Waals surface area contributed by atoms with E-state index in [9.17, 15) is 8.78 Å². The third-order valence-corrected chi connectivity index (χ3v) is 3.31. The van der Waals surface area contributed by atoms with Gasteiger partial charge in [-0.2, -0.15) is 0 Å². The molecular weight excluding hydrogens is 477 g/mol. The molecule has 1 N–H and O–H groups in total. The Hall–Kier alpha value is -1.12. The van der Waals surface area contributed by atoms with Gasteiger partial charge in [0, 0.05) is 13.5 Å². The second-order valence-electron chi connectivity index (χ2n) is 4.82. The van der Waals surface area contributed by atoms with E-state index in [4.69, 9.17) is 0 Å². The predicted molar refractivity (Wildman–Crippen MR) is 86.4 cm³/mol. The van der Waals surface area contributed by atoms with Gasteiger partial charge in [0.1, 0.15) is 11.6 Å². The van der Waals surface area contributed by atoms with E-state index in [1.807, 2.05) is 36.4 Å². The van der Waals surface area contributed by atoms with Gasteiger partial charge in [-0.05, 0) is 29.3 Å². The van der Waals surface area contributed by atoms with Crippen LogP contribution >= 0.6 is 0 Å². The van der Waals surface area contributed by atoms with E-state index >= 15 is 0 Å². The van der Waals surface area contributed by atoms with Crippen LogP contribution < -0.4 is 5.32 Å². The molecule has 3 rings (SSSR count). The van der Waals surface area contributed by atoms with Gasteiger partial charge >= 0.3 is 36.0 Å². The van der Waals surface area contributed by atoms with Crippen molar-refractivity contribution < 1.29 is 12.9 Å². The first-order valence-corrected chi connectivity index (χ1v) is 8.66. The summed E-state index contributed by atoms with van der Waals surface area (Å²) >= 11 is 0.718. The van der Waals surface area contributed by atoms with Gasteiger partial charge in [-0.25, -0.2) is 8.78 Å². The monoisotopic (exact) mass is 495 g/mol. The van der Waals surface area contributed by atoms with Crippen LogP contribution in [0.3, 0.4) is 0 Å². The van der Waals surface area contributed by atoms with Crippen LogP contribution in [-0.2, 0) is 2.69 Å². The topological polar surface area (TPSA) is 21.3 Å². The molecule has 0 unspecified atom stereocenters.